The van der Waals surface area contributed by atoms with E-state index in [1.54, 1.807) is 10.9 Å². The van der Waals surface area contributed by atoms with Gasteiger partial charge in [0.25, 0.3) is 5.91 Å². The topological polar surface area (TPSA) is 84.2 Å². The fourth-order valence-corrected chi connectivity index (χ4v) is 3.60. The molecule has 1 aliphatic carbocycles. The van der Waals surface area contributed by atoms with Gasteiger partial charge >= 0.3 is 5.97 Å². The van der Waals surface area contributed by atoms with E-state index in [2.05, 4.69) is 10.4 Å². The first-order valence-electron chi connectivity index (χ1n) is 8.57. The highest BCUT2D eigenvalue weighted by molar-refractivity contribution is 5.94. The lowest BCUT2D eigenvalue weighted by Crippen LogP contribution is -2.55. The number of rotatable bonds is 4. The first kappa shape index (κ1) is 17.2. The number of nitrogens with one attached hydrogen (secondary N) is 1. The van der Waals surface area contributed by atoms with Gasteiger partial charge in [0.15, 0.2) is 0 Å². The Labute approximate surface area is 146 Å². The van der Waals surface area contributed by atoms with Gasteiger partial charge in [-0.05, 0) is 38.3 Å². The average Bonchev–Trinajstić information content (AvgIpc) is 3.05. The maximum absolute atomic E-state index is 12.7. The molecule has 1 aliphatic rings. The summed E-state index contributed by atoms with van der Waals surface area (Å²) in [6, 6.07) is 7.79. The number of amides is 1. The van der Waals surface area contributed by atoms with Gasteiger partial charge in [-0.1, -0.05) is 31.0 Å². The van der Waals surface area contributed by atoms with Gasteiger partial charge in [0.05, 0.1) is 28.9 Å². The molecule has 1 aromatic heterocycles. The number of hydrogen-bond acceptors (Lipinski definition) is 3. The summed E-state index contributed by atoms with van der Waals surface area (Å²) < 4.78 is 1.67. The SMILES string of the molecule is Cc1ccccc1-n1cc(C(=O)NC2(C)CCCCC2C(=O)O)cn1. The first-order valence-corrected chi connectivity index (χ1v) is 8.57. The van der Waals surface area contributed by atoms with Crippen LogP contribution in [-0.4, -0.2) is 32.3 Å². The monoisotopic (exact) mass is 341 g/mol. The fourth-order valence-electron chi connectivity index (χ4n) is 3.60. The lowest BCUT2D eigenvalue weighted by Gasteiger charge is -2.39. The second kappa shape index (κ2) is 6.70. The third kappa shape index (κ3) is 3.43. The van der Waals surface area contributed by atoms with Gasteiger partial charge in [-0.3, -0.25) is 9.59 Å². The molecule has 0 bridgehead atoms. The number of para-hydroxylation sites is 1. The van der Waals surface area contributed by atoms with Crippen LogP contribution < -0.4 is 5.32 Å². The molecule has 6 nitrogen and oxygen atoms in total. The predicted octanol–water partition coefficient (Wildman–Crippen LogP) is 2.94. The lowest BCUT2D eigenvalue weighted by atomic mass is 9.74. The molecule has 2 aromatic rings. The van der Waals surface area contributed by atoms with Crippen LogP contribution in [0.25, 0.3) is 5.69 Å². The molecule has 2 unspecified atom stereocenters. The molecular weight excluding hydrogens is 318 g/mol. The van der Waals surface area contributed by atoms with Crippen molar-refractivity contribution in [2.24, 2.45) is 5.92 Å². The summed E-state index contributed by atoms with van der Waals surface area (Å²) >= 11 is 0. The average molecular weight is 341 g/mol. The Hall–Kier alpha value is -2.63. The maximum atomic E-state index is 12.7. The van der Waals surface area contributed by atoms with Gasteiger partial charge in [-0.15, -0.1) is 0 Å². The molecule has 1 saturated carbocycles. The van der Waals surface area contributed by atoms with Crippen LogP contribution in [-0.2, 0) is 4.79 Å². The number of carboxylic acid groups (broad SMARTS) is 1. The number of carbonyl (C=O) groups excluding carboxylic acids is 1. The standard InChI is InChI=1S/C19H23N3O3/c1-13-7-3-4-9-16(13)22-12-14(11-20-22)17(23)21-19(2)10-6-5-8-15(19)18(24)25/h3-4,7,9,11-12,15H,5-6,8,10H2,1-2H3,(H,21,23)(H,24,25). The minimum atomic E-state index is -0.849. The van der Waals surface area contributed by atoms with E-state index in [4.69, 9.17) is 0 Å². The Morgan fingerprint density at radius 3 is 2.80 bits per heavy atom. The highest BCUT2D eigenvalue weighted by Gasteiger charge is 2.42. The number of carbonyl (C=O) groups is 2. The van der Waals surface area contributed by atoms with Gasteiger partial charge in [-0.25, -0.2) is 4.68 Å². The smallest absolute Gasteiger partial charge is 0.308 e. The highest BCUT2D eigenvalue weighted by Crippen LogP contribution is 2.34. The van der Waals surface area contributed by atoms with E-state index in [0.717, 1.165) is 24.1 Å². The highest BCUT2D eigenvalue weighted by atomic mass is 16.4. The number of nitrogens with zero attached hydrogens (tertiary/aromatic N) is 2. The summed E-state index contributed by atoms with van der Waals surface area (Å²) in [5.74, 6) is -1.69. The quantitative estimate of drug-likeness (QED) is 0.895. The molecule has 2 N–H and O–H groups in total. The predicted molar refractivity (Wildman–Crippen MR) is 93.8 cm³/mol. The molecule has 6 heteroatoms. The zero-order chi connectivity index (χ0) is 18.0. The van der Waals surface area contributed by atoms with Crippen LogP contribution in [0.3, 0.4) is 0 Å². The summed E-state index contributed by atoms with van der Waals surface area (Å²) in [5.41, 5.74) is 1.67. The molecule has 3 rings (SSSR count). The molecule has 2 atom stereocenters. The van der Waals surface area contributed by atoms with Crippen molar-refractivity contribution < 1.29 is 14.7 Å². The van der Waals surface area contributed by atoms with E-state index < -0.39 is 17.4 Å². The third-order valence-electron chi connectivity index (χ3n) is 5.11. The Morgan fingerprint density at radius 2 is 2.08 bits per heavy atom. The van der Waals surface area contributed by atoms with Crippen molar-refractivity contribution in [3.05, 3.63) is 47.8 Å². The van der Waals surface area contributed by atoms with E-state index >= 15 is 0 Å². The number of aryl methyl sites for hydroxylation is 1. The normalized spacial score (nSPS) is 23.2. The zero-order valence-electron chi connectivity index (χ0n) is 14.5. The van der Waals surface area contributed by atoms with Crippen LogP contribution in [0.4, 0.5) is 0 Å². The molecule has 132 valence electrons. The van der Waals surface area contributed by atoms with Crippen LogP contribution in [0.1, 0.15) is 48.5 Å². The largest absolute Gasteiger partial charge is 0.481 e. The molecule has 1 heterocycles. The molecule has 0 spiro atoms. The van der Waals surface area contributed by atoms with Crippen molar-refractivity contribution in [2.75, 3.05) is 0 Å². The number of benzene rings is 1. The van der Waals surface area contributed by atoms with Crippen LogP contribution >= 0.6 is 0 Å². The van der Waals surface area contributed by atoms with Gasteiger partial charge in [0.1, 0.15) is 0 Å². The van der Waals surface area contributed by atoms with Crippen molar-refractivity contribution in [3.8, 4) is 5.69 Å². The van der Waals surface area contributed by atoms with Crippen LogP contribution in [0.5, 0.6) is 0 Å². The molecule has 1 amide bonds. The molecule has 25 heavy (non-hydrogen) atoms. The van der Waals surface area contributed by atoms with Crippen LogP contribution in [0.15, 0.2) is 36.7 Å². The second-order valence-corrected chi connectivity index (χ2v) is 6.97. The van der Waals surface area contributed by atoms with E-state index in [1.807, 2.05) is 38.1 Å². The van der Waals surface area contributed by atoms with Gasteiger partial charge in [-0.2, -0.15) is 5.10 Å². The van der Waals surface area contributed by atoms with Crippen LogP contribution in [0, 0.1) is 12.8 Å². The van der Waals surface area contributed by atoms with Crippen molar-refractivity contribution in [3.63, 3.8) is 0 Å². The van der Waals surface area contributed by atoms with E-state index in [1.165, 1.54) is 6.20 Å². The van der Waals surface area contributed by atoms with Gasteiger partial charge < -0.3 is 10.4 Å². The molecule has 1 fully saturated rings. The van der Waals surface area contributed by atoms with Crippen molar-refractivity contribution in [2.45, 2.75) is 45.1 Å². The van der Waals surface area contributed by atoms with Gasteiger partial charge in [0, 0.05) is 6.20 Å². The molecule has 0 aliphatic heterocycles. The lowest BCUT2D eigenvalue weighted by molar-refractivity contribution is -0.145. The molecule has 0 radical (unpaired) electrons. The zero-order valence-corrected chi connectivity index (χ0v) is 14.5. The number of aromatic nitrogens is 2. The van der Waals surface area contributed by atoms with E-state index in [-0.39, 0.29) is 5.91 Å². The number of hydrogen-bond donors (Lipinski definition) is 2. The Morgan fingerprint density at radius 1 is 1.32 bits per heavy atom. The van der Waals surface area contributed by atoms with Gasteiger partial charge in [0.2, 0.25) is 0 Å². The number of aliphatic carboxylic acids is 1. The summed E-state index contributed by atoms with van der Waals surface area (Å²) in [6.07, 6.45) is 6.26. The summed E-state index contributed by atoms with van der Waals surface area (Å²) in [4.78, 5) is 24.2. The minimum Gasteiger partial charge on any atom is -0.481 e. The Balaban J connectivity index is 1.80. The van der Waals surface area contributed by atoms with E-state index in [9.17, 15) is 14.7 Å². The summed E-state index contributed by atoms with van der Waals surface area (Å²) in [7, 11) is 0. The van der Waals surface area contributed by atoms with Crippen molar-refractivity contribution in [1.82, 2.24) is 15.1 Å². The summed E-state index contributed by atoms with van der Waals surface area (Å²) in [6.45, 7) is 3.81. The minimum absolute atomic E-state index is 0.282. The maximum Gasteiger partial charge on any atom is 0.308 e. The Bertz CT molecular complexity index is 799. The van der Waals surface area contributed by atoms with E-state index in [0.29, 0.717) is 18.4 Å². The third-order valence-corrected chi connectivity index (χ3v) is 5.11. The van der Waals surface area contributed by atoms with Crippen molar-refractivity contribution in [1.29, 1.82) is 0 Å². The Kier molecular flexibility index (Phi) is 4.61. The molecular formula is C19H23N3O3. The molecule has 1 aromatic carbocycles. The number of carboxylic acids is 1. The molecule has 0 saturated heterocycles. The second-order valence-electron chi connectivity index (χ2n) is 6.97. The fraction of sp³-hybridized carbons (Fsp3) is 0.421. The van der Waals surface area contributed by atoms with Crippen LogP contribution in [0.2, 0.25) is 0 Å². The first-order chi connectivity index (χ1) is 11.9. The summed E-state index contributed by atoms with van der Waals surface area (Å²) in [5, 5.41) is 16.7. The van der Waals surface area contributed by atoms with Crippen molar-refractivity contribution >= 4 is 11.9 Å².